The van der Waals surface area contributed by atoms with E-state index in [9.17, 15) is 0 Å². The minimum Gasteiger partial charge on any atom is -0.394 e. The highest BCUT2D eigenvalue weighted by Gasteiger charge is 2.14. The molecule has 2 rings (SSSR count). The first-order valence-electron chi connectivity index (χ1n) is 4.05. The zero-order chi connectivity index (χ0) is 9.97. The van der Waals surface area contributed by atoms with Gasteiger partial charge >= 0.3 is 0 Å². The number of aliphatic hydroxyl groups excluding tert-OH is 1. The van der Waals surface area contributed by atoms with Gasteiger partial charge in [0, 0.05) is 0 Å². The number of nitrogens with two attached hydrogens (primary N) is 1. The summed E-state index contributed by atoms with van der Waals surface area (Å²) in [6.07, 6.45) is 0. The molecule has 0 spiro atoms. The molecule has 3 N–H and O–H groups in total. The fourth-order valence-electron chi connectivity index (χ4n) is 0.970. The third-order valence-corrected chi connectivity index (χ3v) is 2.56. The molecule has 74 valence electrons. The molecule has 0 aliphatic rings. The Balaban J connectivity index is 2.26. The van der Waals surface area contributed by atoms with Gasteiger partial charge in [-0.3, -0.25) is 0 Å². The molecule has 2 aromatic heterocycles. The second-order valence-corrected chi connectivity index (χ2v) is 3.67. The van der Waals surface area contributed by atoms with Crippen LogP contribution in [0.4, 0.5) is 0 Å². The Morgan fingerprint density at radius 1 is 1.64 bits per heavy atom. The molecule has 0 aromatic carbocycles. The van der Waals surface area contributed by atoms with Crippen LogP contribution in [0, 0.1) is 0 Å². The van der Waals surface area contributed by atoms with Gasteiger partial charge in [-0.05, 0) is 11.4 Å². The maximum Gasteiger partial charge on any atom is 0.246 e. The molecule has 0 aliphatic carbocycles. The lowest BCUT2D eigenvalue weighted by Crippen LogP contribution is -2.14. The standard InChI is InChI=1S/C8H9N3O2S/c9-5(4-12)8-10-7(11-13-8)6-2-1-3-14-6/h1-3,5,12H,4,9H2/t5-/m0/s1. The molecular formula is C8H9N3O2S. The van der Waals surface area contributed by atoms with Crippen molar-refractivity contribution < 1.29 is 9.63 Å². The number of aliphatic hydroxyl groups is 1. The summed E-state index contributed by atoms with van der Waals surface area (Å²) in [6, 6.07) is 3.20. The summed E-state index contributed by atoms with van der Waals surface area (Å²) in [5.74, 6) is 0.773. The molecule has 0 fully saturated rings. The first-order valence-corrected chi connectivity index (χ1v) is 4.93. The molecular weight excluding hydrogens is 202 g/mol. The van der Waals surface area contributed by atoms with Crippen molar-refractivity contribution in [3.63, 3.8) is 0 Å². The topological polar surface area (TPSA) is 85.2 Å². The van der Waals surface area contributed by atoms with Crippen LogP contribution in [-0.2, 0) is 0 Å². The molecule has 0 aliphatic heterocycles. The van der Waals surface area contributed by atoms with Gasteiger partial charge in [0.05, 0.1) is 11.5 Å². The Morgan fingerprint density at radius 3 is 3.14 bits per heavy atom. The monoisotopic (exact) mass is 211 g/mol. The van der Waals surface area contributed by atoms with Crippen LogP contribution in [0.1, 0.15) is 11.9 Å². The van der Waals surface area contributed by atoms with E-state index in [4.69, 9.17) is 15.4 Å². The quantitative estimate of drug-likeness (QED) is 0.784. The molecule has 5 nitrogen and oxygen atoms in total. The molecule has 0 saturated carbocycles. The highest BCUT2D eigenvalue weighted by Crippen LogP contribution is 2.22. The summed E-state index contributed by atoms with van der Waals surface area (Å²) in [5, 5.41) is 14.5. The molecule has 0 unspecified atom stereocenters. The Morgan fingerprint density at radius 2 is 2.50 bits per heavy atom. The van der Waals surface area contributed by atoms with E-state index < -0.39 is 6.04 Å². The third kappa shape index (κ3) is 1.67. The highest BCUT2D eigenvalue weighted by atomic mass is 32.1. The van der Waals surface area contributed by atoms with Crippen molar-refractivity contribution in [1.82, 2.24) is 10.1 Å². The van der Waals surface area contributed by atoms with Gasteiger partial charge in [0.2, 0.25) is 11.7 Å². The normalized spacial score (nSPS) is 13.0. The average Bonchev–Trinajstić information content (AvgIpc) is 2.86. The summed E-state index contributed by atoms with van der Waals surface area (Å²) >= 11 is 1.52. The van der Waals surface area contributed by atoms with E-state index >= 15 is 0 Å². The van der Waals surface area contributed by atoms with Crippen LogP contribution in [0.3, 0.4) is 0 Å². The minimum absolute atomic E-state index is 0.202. The van der Waals surface area contributed by atoms with Gasteiger partial charge in [-0.25, -0.2) is 0 Å². The van der Waals surface area contributed by atoms with E-state index in [1.807, 2.05) is 17.5 Å². The molecule has 14 heavy (non-hydrogen) atoms. The number of hydrogen-bond donors (Lipinski definition) is 2. The minimum atomic E-state index is -0.601. The van der Waals surface area contributed by atoms with E-state index in [0.29, 0.717) is 5.82 Å². The van der Waals surface area contributed by atoms with Crippen LogP contribution < -0.4 is 5.73 Å². The highest BCUT2D eigenvalue weighted by molar-refractivity contribution is 7.13. The van der Waals surface area contributed by atoms with Crippen molar-refractivity contribution in [2.75, 3.05) is 6.61 Å². The first kappa shape index (κ1) is 9.32. The maximum absolute atomic E-state index is 8.78. The van der Waals surface area contributed by atoms with Crippen LogP contribution in [0.5, 0.6) is 0 Å². The molecule has 0 bridgehead atoms. The van der Waals surface area contributed by atoms with Crippen molar-refractivity contribution in [3.05, 3.63) is 23.4 Å². The third-order valence-electron chi connectivity index (χ3n) is 1.70. The van der Waals surface area contributed by atoms with Crippen LogP contribution in [0.15, 0.2) is 22.0 Å². The summed E-state index contributed by atoms with van der Waals surface area (Å²) < 4.78 is 4.90. The average molecular weight is 211 g/mol. The van der Waals surface area contributed by atoms with Crippen molar-refractivity contribution in [2.24, 2.45) is 5.73 Å². The van der Waals surface area contributed by atoms with E-state index in [1.54, 1.807) is 0 Å². The molecule has 0 radical (unpaired) electrons. The van der Waals surface area contributed by atoms with Gasteiger partial charge in [-0.1, -0.05) is 11.2 Å². The van der Waals surface area contributed by atoms with Crippen LogP contribution in [0.2, 0.25) is 0 Å². The molecule has 2 aromatic rings. The number of rotatable bonds is 3. The number of nitrogens with zero attached hydrogens (tertiary/aromatic N) is 2. The maximum atomic E-state index is 8.78. The van der Waals surface area contributed by atoms with E-state index in [-0.39, 0.29) is 12.5 Å². The van der Waals surface area contributed by atoms with Crippen molar-refractivity contribution in [2.45, 2.75) is 6.04 Å². The Bertz CT molecular complexity index is 398. The lowest BCUT2D eigenvalue weighted by molar-refractivity contribution is 0.237. The number of hydrogen-bond acceptors (Lipinski definition) is 6. The second-order valence-electron chi connectivity index (χ2n) is 2.72. The van der Waals surface area contributed by atoms with Gasteiger partial charge < -0.3 is 15.4 Å². The Hall–Kier alpha value is -1.24. The SMILES string of the molecule is N[C@@H](CO)c1nc(-c2cccs2)no1. The second kappa shape index (κ2) is 3.87. The smallest absolute Gasteiger partial charge is 0.246 e. The van der Waals surface area contributed by atoms with Crippen molar-refractivity contribution >= 4 is 11.3 Å². The fraction of sp³-hybridized carbons (Fsp3) is 0.250. The number of thiophene rings is 1. The predicted octanol–water partition coefficient (Wildman–Crippen LogP) is 0.790. The summed E-state index contributed by atoms with van der Waals surface area (Å²) in [6.45, 7) is -0.202. The van der Waals surface area contributed by atoms with Gasteiger partial charge in [-0.15, -0.1) is 11.3 Å². The number of aromatic nitrogens is 2. The van der Waals surface area contributed by atoms with E-state index in [0.717, 1.165) is 4.88 Å². The van der Waals surface area contributed by atoms with Gasteiger partial charge in [0.15, 0.2) is 0 Å². The van der Waals surface area contributed by atoms with Gasteiger partial charge in [0.1, 0.15) is 6.04 Å². The Kier molecular flexibility index (Phi) is 2.58. The lowest BCUT2D eigenvalue weighted by Gasteiger charge is -1.98. The zero-order valence-electron chi connectivity index (χ0n) is 7.25. The van der Waals surface area contributed by atoms with Crippen molar-refractivity contribution in [3.8, 4) is 10.7 Å². The predicted molar refractivity (Wildman–Crippen MR) is 51.6 cm³/mol. The summed E-state index contributed by atoms with van der Waals surface area (Å²) in [5.41, 5.74) is 5.52. The van der Waals surface area contributed by atoms with Crippen LogP contribution in [0.25, 0.3) is 10.7 Å². The summed E-state index contributed by atoms with van der Waals surface area (Å²) in [7, 11) is 0. The molecule has 6 heteroatoms. The molecule has 2 heterocycles. The van der Waals surface area contributed by atoms with Gasteiger partial charge in [0.25, 0.3) is 0 Å². The van der Waals surface area contributed by atoms with E-state index in [2.05, 4.69) is 10.1 Å². The van der Waals surface area contributed by atoms with Crippen molar-refractivity contribution in [1.29, 1.82) is 0 Å². The lowest BCUT2D eigenvalue weighted by atomic mass is 10.3. The molecule has 0 saturated heterocycles. The van der Waals surface area contributed by atoms with Gasteiger partial charge in [-0.2, -0.15) is 4.98 Å². The largest absolute Gasteiger partial charge is 0.394 e. The molecule has 1 atom stereocenters. The molecule has 0 amide bonds. The zero-order valence-corrected chi connectivity index (χ0v) is 8.07. The first-order chi connectivity index (χ1) is 6.81. The Labute approximate surface area is 84.2 Å². The summed E-state index contributed by atoms with van der Waals surface area (Å²) in [4.78, 5) is 4.99. The van der Waals surface area contributed by atoms with Crippen LogP contribution >= 0.6 is 11.3 Å². The van der Waals surface area contributed by atoms with E-state index in [1.165, 1.54) is 11.3 Å². The fourth-order valence-corrected chi connectivity index (χ4v) is 1.62. The van der Waals surface area contributed by atoms with Crippen LogP contribution in [-0.4, -0.2) is 21.9 Å².